The number of halogens is 5. The van der Waals surface area contributed by atoms with Crippen molar-refractivity contribution in [2.24, 2.45) is 34.4 Å². The molecule has 0 aromatic heterocycles. The SMILES string of the molecule is C=C(/C=C/C)C(=C)CNCC(C)=O.C=C(C(C)C)C(C)CN.C=C(C)C(=O)O.C=C(C)C(=O)Oc1c(F)c(F)c(F)c(F)c1F.C=C(C)CCCc1cccc(C(=O)O)c1.C=NC(O)C1CCC(C(=C)C)CC1. The van der Waals surface area contributed by atoms with E-state index in [0.29, 0.717) is 42.3 Å². The van der Waals surface area contributed by atoms with Gasteiger partial charge in [-0.1, -0.05) is 101 Å². The predicted molar refractivity (Wildman–Crippen MR) is 285 cm³/mol. The highest BCUT2D eigenvalue weighted by atomic mass is 19.2. The van der Waals surface area contributed by atoms with Crippen LogP contribution in [0.2, 0.25) is 0 Å². The minimum absolute atomic E-state index is 0.129. The van der Waals surface area contributed by atoms with Crippen molar-refractivity contribution in [1.29, 1.82) is 0 Å². The maximum absolute atomic E-state index is 13.0. The molecule has 1 fully saturated rings. The number of carboxylic acid groups (broad SMARTS) is 2. The number of aliphatic hydroxyl groups is 1. The van der Waals surface area contributed by atoms with E-state index in [1.54, 1.807) is 25.1 Å². The second kappa shape index (κ2) is 38.3. The number of aryl methyl sites for hydroxylation is 1. The van der Waals surface area contributed by atoms with Gasteiger partial charge in [-0.15, -0.1) is 6.58 Å². The highest BCUT2D eigenvalue weighted by Crippen LogP contribution is 2.34. The van der Waals surface area contributed by atoms with Crippen molar-refractivity contribution in [3.05, 3.63) is 162 Å². The number of aliphatic hydroxyl groups excluding tert-OH is 1. The molecule has 0 bridgehead atoms. The number of rotatable bonds is 20. The van der Waals surface area contributed by atoms with E-state index in [9.17, 15) is 46.2 Å². The summed E-state index contributed by atoms with van der Waals surface area (Å²) in [6, 6.07) is 7.11. The number of carbonyl (C=O) groups is 4. The van der Waals surface area contributed by atoms with Crippen molar-refractivity contribution < 1.29 is 61.2 Å². The molecule has 2 aromatic rings. The molecule has 0 aliphatic heterocycles. The lowest BCUT2D eigenvalue weighted by atomic mass is 9.78. The number of hydrogen-bond acceptors (Lipinski definition) is 9. The van der Waals surface area contributed by atoms with E-state index in [0.717, 1.165) is 75.1 Å². The molecule has 1 aliphatic carbocycles. The van der Waals surface area contributed by atoms with Crippen LogP contribution in [0.3, 0.4) is 0 Å². The van der Waals surface area contributed by atoms with E-state index in [-0.39, 0.29) is 16.9 Å². The van der Waals surface area contributed by atoms with Gasteiger partial charge in [-0.05, 0) is 146 Å². The first-order chi connectivity index (χ1) is 33.8. The Balaban J connectivity index is -0.000000825. The fraction of sp³-hybridized carbons (Fsp3) is 0.421. The molecular weight excluding hydrogens is 950 g/mol. The second-order valence-corrected chi connectivity index (χ2v) is 17.8. The number of nitrogens with zero attached hydrogens (tertiary/aromatic N) is 1. The van der Waals surface area contributed by atoms with Crippen LogP contribution in [0.5, 0.6) is 5.75 Å². The summed E-state index contributed by atoms with van der Waals surface area (Å²) in [5.74, 6) is -13.7. The zero-order valence-electron chi connectivity index (χ0n) is 44.4. The van der Waals surface area contributed by atoms with Gasteiger partial charge in [-0.2, -0.15) is 8.78 Å². The van der Waals surface area contributed by atoms with Crippen molar-refractivity contribution >= 4 is 30.4 Å². The molecule has 0 spiro atoms. The molecule has 0 heterocycles. The van der Waals surface area contributed by atoms with Crippen LogP contribution >= 0.6 is 0 Å². The van der Waals surface area contributed by atoms with Crippen molar-refractivity contribution in [2.45, 2.75) is 113 Å². The van der Waals surface area contributed by atoms with E-state index in [1.165, 1.54) is 23.6 Å². The van der Waals surface area contributed by atoms with Gasteiger partial charge >= 0.3 is 17.9 Å². The number of aliphatic imine (C=N–C) groups is 1. The monoisotopic (exact) mass is 1030 g/mol. The molecule has 0 radical (unpaired) electrons. The van der Waals surface area contributed by atoms with E-state index >= 15 is 0 Å². The number of nitrogens with one attached hydrogen (secondary N) is 1. The third kappa shape index (κ3) is 31.0. The first-order valence-electron chi connectivity index (χ1n) is 23.4. The number of Topliss-reactive ketones (excluding diaryl/α,β-unsaturated/α-hetero) is 1. The molecule has 1 aliphatic rings. The Labute approximate surface area is 430 Å². The Morgan fingerprint density at radius 1 is 0.822 bits per heavy atom. The quantitative estimate of drug-likeness (QED) is 0.00982. The fourth-order valence-electron chi connectivity index (χ4n) is 5.91. The van der Waals surface area contributed by atoms with Crippen LogP contribution in [0.25, 0.3) is 0 Å². The minimum Gasteiger partial charge on any atom is -0.478 e. The van der Waals surface area contributed by atoms with Gasteiger partial charge < -0.3 is 31.1 Å². The summed E-state index contributed by atoms with van der Waals surface area (Å²) in [5.41, 5.74) is 12.3. The first kappa shape index (κ1) is 70.9. The molecule has 406 valence electrons. The molecule has 16 heteroatoms. The number of aliphatic carboxylic acids is 1. The molecule has 6 N–H and O–H groups in total. The summed E-state index contributed by atoms with van der Waals surface area (Å²) in [7, 11) is 0. The van der Waals surface area contributed by atoms with Gasteiger partial charge in [0.25, 0.3) is 0 Å². The maximum atomic E-state index is 13.0. The van der Waals surface area contributed by atoms with E-state index in [4.69, 9.17) is 15.9 Å². The predicted octanol–water partition coefficient (Wildman–Crippen LogP) is 12.8. The number of aromatic carboxylic acids is 1. The third-order valence-electron chi connectivity index (χ3n) is 10.7. The van der Waals surface area contributed by atoms with Crippen molar-refractivity contribution in [3.63, 3.8) is 0 Å². The van der Waals surface area contributed by atoms with Crippen LogP contribution in [0.4, 0.5) is 22.0 Å². The van der Waals surface area contributed by atoms with E-state index < -0.39 is 59.0 Å². The summed E-state index contributed by atoms with van der Waals surface area (Å²) >= 11 is 0. The largest absolute Gasteiger partial charge is 0.478 e. The molecule has 0 amide bonds. The molecule has 2 aromatic carbocycles. The van der Waals surface area contributed by atoms with Crippen LogP contribution in [-0.2, 0) is 20.8 Å². The molecule has 11 nitrogen and oxygen atoms in total. The molecule has 0 saturated heterocycles. The Morgan fingerprint density at radius 3 is 1.70 bits per heavy atom. The molecular formula is C57H80F5N3O8. The average molecular weight is 1030 g/mol. The average Bonchev–Trinajstić information content (AvgIpc) is 3.34. The molecule has 73 heavy (non-hydrogen) atoms. The minimum atomic E-state index is -2.32. The van der Waals surface area contributed by atoms with Crippen LogP contribution in [0.1, 0.15) is 117 Å². The van der Waals surface area contributed by atoms with Gasteiger partial charge in [-0.3, -0.25) is 9.79 Å². The highest BCUT2D eigenvalue weighted by Gasteiger charge is 2.29. The number of ether oxygens (including phenoxy) is 1. The van der Waals surface area contributed by atoms with Crippen LogP contribution < -0.4 is 15.8 Å². The Hall–Kier alpha value is -6.36. The Bertz CT molecular complexity index is 2220. The van der Waals surface area contributed by atoms with Crippen molar-refractivity contribution in [2.75, 3.05) is 19.6 Å². The number of nitrogens with two attached hydrogens (primary N) is 1. The molecule has 2 unspecified atom stereocenters. The van der Waals surface area contributed by atoms with Gasteiger partial charge in [0.05, 0.1) is 12.1 Å². The Morgan fingerprint density at radius 2 is 1.33 bits per heavy atom. The molecule has 2 atom stereocenters. The second-order valence-electron chi connectivity index (χ2n) is 17.8. The summed E-state index contributed by atoms with van der Waals surface area (Å²) in [4.78, 5) is 45.5. The third-order valence-corrected chi connectivity index (χ3v) is 10.7. The lowest BCUT2D eigenvalue weighted by Gasteiger charge is -2.29. The zero-order chi connectivity index (χ0) is 57.3. The van der Waals surface area contributed by atoms with Gasteiger partial charge in [0.15, 0.2) is 0 Å². The fourth-order valence-corrected chi connectivity index (χ4v) is 5.91. The van der Waals surface area contributed by atoms with E-state index in [2.05, 4.69) is 95.5 Å². The maximum Gasteiger partial charge on any atom is 0.338 e. The number of carbonyl (C=O) groups excluding carboxylic acids is 2. The number of ketones is 1. The molecule has 3 rings (SSSR count). The normalized spacial score (nSPS) is 14.1. The van der Waals surface area contributed by atoms with Gasteiger partial charge in [0.2, 0.25) is 34.8 Å². The van der Waals surface area contributed by atoms with Gasteiger partial charge in [0.1, 0.15) is 12.0 Å². The molecule has 1 saturated carbocycles. The standard InChI is InChI=1S/C13H16O2.C11H19NO.C11H17NO.C10H5F5O2.C8H17N.C4H6O2/c1-10(2)5-3-6-11-7-4-8-12(9-11)13(14)15;1-8(2)9-4-6-10(7-5-9)11(13)12-3;1-5-6-9(2)10(3)7-12-8-11(4)13;1-3(2)10(16)17-9-7(14)5(12)4(11)6(13)8(9)15;1-6(2)8(4)7(3)5-9;1-3(2)4(5)6/h4,7-9H,1,3,5-6H2,2H3,(H,14,15);9-11,13H,1,3-7H2,2H3;5-6,12H,2-3,7-8H2,1,4H3;1H2,2H3;6-7H,4-5,9H2,1-3H3;1H2,2H3,(H,5,6)/b;;6-5+;;;. The Kier molecular flexibility index (Phi) is 37.2. The smallest absolute Gasteiger partial charge is 0.338 e. The number of hydrogen-bond donors (Lipinski definition) is 5. The topological polar surface area (TPSA) is 189 Å². The summed E-state index contributed by atoms with van der Waals surface area (Å²) in [6.07, 6.45) is 10.6. The van der Waals surface area contributed by atoms with Crippen molar-refractivity contribution in [1.82, 2.24) is 5.32 Å². The number of esters is 1. The first-order valence-corrected chi connectivity index (χ1v) is 23.4. The lowest BCUT2D eigenvalue weighted by molar-refractivity contribution is -0.132. The van der Waals surface area contributed by atoms with Crippen LogP contribution in [-0.4, -0.2) is 71.6 Å². The summed E-state index contributed by atoms with van der Waals surface area (Å²) < 4.78 is 68.0. The lowest BCUT2D eigenvalue weighted by Crippen LogP contribution is -2.24. The number of benzene rings is 2. The van der Waals surface area contributed by atoms with Gasteiger partial charge in [-0.25, -0.2) is 27.6 Å². The van der Waals surface area contributed by atoms with Crippen LogP contribution in [0.15, 0.2) is 126 Å². The number of carboxylic acids is 2. The number of allylic oxidation sites excluding steroid dienone is 4. The zero-order valence-corrected chi connectivity index (χ0v) is 44.4. The van der Waals surface area contributed by atoms with Gasteiger partial charge in [0, 0.05) is 23.6 Å². The highest BCUT2D eigenvalue weighted by molar-refractivity contribution is 5.89. The van der Waals surface area contributed by atoms with E-state index in [1.807, 2.05) is 32.1 Å². The van der Waals surface area contributed by atoms with Crippen LogP contribution in [0, 0.1) is 52.8 Å². The summed E-state index contributed by atoms with van der Waals surface area (Å²) in [5, 5.41) is 29.1. The van der Waals surface area contributed by atoms with Crippen molar-refractivity contribution in [3.8, 4) is 5.75 Å². The summed E-state index contributed by atoms with van der Waals surface area (Å²) in [6.45, 7) is 47.4.